The maximum absolute atomic E-state index is 12.0. The molecule has 1 fully saturated rings. The zero-order chi connectivity index (χ0) is 16.7. The van der Waals surface area contributed by atoms with Crippen LogP contribution in [0.3, 0.4) is 0 Å². The van der Waals surface area contributed by atoms with E-state index in [-0.39, 0.29) is 6.61 Å². The summed E-state index contributed by atoms with van der Waals surface area (Å²) >= 11 is 0. The van der Waals surface area contributed by atoms with Crippen LogP contribution in [0, 0.1) is 0 Å². The molecule has 0 aromatic heterocycles. The Kier molecular flexibility index (Phi) is 6.83. The van der Waals surface area contributed by atoms with Gasteiger partial charge in [-0.25, -0.2) is 0 Å². The maximum atomic E-state index is 12.0. The number of β-amino-alcohol motifs (C(OH)–C–C–N with tert-alkyl or cyclic N) is 1. The topological polar surface area (TPSA) is 35.9 Å². The van der Waals surface area contributed by atoms with Crippen LogP contribution in [0.15, 0.2) is 30.3 Å². The van der Waals surface area contributed by atoms with Gasteiger partial charge in [0.25, 0.3) is 0 Å². The quantitative estimate of drug-likeness (QED) is 0.774. The zero-order valence-electron chi connectivity index (χ0n) is 13.0. The summed E-state index contributed by atoms with van der Waals surface area (Å²) in [6.45, 7) is 3.12. The molecule has 23 heavy (non-hydrogen) atoms. The third-order valence-corrected chi connectivity index (χ3v) is 3.90. The van der Waals surface area contributed by atoms with Crippen molar-refractivity contribution < 1.29 is 23.0 Å². The van der Waals surface area contributed by atoms with Crippen LogP contribution in [-0.4, -0.2) is 73.6 Å². The number of aliphatic hydroxyl groups is 1. The van der Waals surface area contributed by atoms with Gasteiger partial charge >= 0.3 is 6.18 Å². The van der Waals surface area contributed by atoms with Crippen LogP contribution in [0.25, 0.3) is 0 Å². The molecule has 0 unspecified atom stereocenters. The summed E-state index contributed by atoms with van der Waals surface area (Å²) in [5.74, 6) is 0. The van der Waals surface area contributed by atoms with Gasteiger partial charge in [-0.05, 0) is 5.56 Å². The van der Waals surface area contributed by atoms with E-state index in [1.54, 1.807) is 0 Å². The highest BCUT2D eigenvalue weighted by molar-refractivity contribution is 5.17. The summed E-state index contributed by atoms with van der Waals surface area (Å²) in [5, 5.41) is 10.2. The number of ether oxygens (including phenoxy) is 1. The standard InChI is InChI=1S/C16H23F3N2O2/c17-16(18,19)13-23-11-10-20-6-8-21(9-7-20)12-15(22)14-4-2-1-3-5-14/h1-5,15,22H,6-13H2/t15-/m1/s1. The van der Waals surface area contributed by atoms with E-state index in [2.05, 4.69) is 14.5 Å². The summed E-state index contributed by atoms with van der Waals surface area (Å²) < 4.78 is 40.5. The Morgan fingerprint density at radius 2 is 1.65 bits per heavy atom. The Morgan fingerprint density at radius 3 is 2.26 bits per heavy atom. The summed E-state index contributed by atoms with van der Waals surface area (Å²) in [5.41, 5.74) is 0.899. The lowest BCUT2D eigenvalue weighted by molar-refractivity contribution is -0.174. The molecule has 0 saturated carbocycles. The number of benzene rings is 1. The Hall–Kier alpha value is -1.15. The van der Waals surface area contributed by atoms with E-state index in [1.165, 1.54) is 0 Å². The highest BCUT2D eigenvalue weighted by Gasteiger charge is 2.27. The minimum Gasteiger partial charge on any atom is -0.387 e. The number of piperazine rings is 1. The van der Waals surface area contributed by atoms with Gasteiger partial charge in [-0.3, -0.25) is 9.80 Å². The largest absolute Gasteiger partial charge is 0.411 e. The van der Waals surface area contributed by atoms with Gasteiger partial charge in [-0.2, -0.15) is 13.2 Å². The average Bonchev–Trinajstić information content (AvgIpc) is 2.53. The summed E-state index contributed by atoms with van der Waals surface area (Å²) in [7, 11) is 0. The average molecular weight is 332 g/mol. The lowest BCUT2D eigenvalue weighted by Gasteiger charge is -2.35. The van der Waals surface area contributed by atoms with Crippen molar-refractivity contribution in [1.29, 1.82) is 0 Å². The van der Waals surface area contributed by atoms with Crippen molar-refractivity contribution in [3.05, 3.63) is 35.9 Å². The molecular formula is C16H23F3N2O2. The fourth-order valence-electron chi connectivity index (χ4n) is 2.60. The van der Waals surface area contributed by atoms with Crippen LogP contribution < -0.4 is 0 Å². The van der Waals surface area contributed by atoms with E-state index in [4.69, 9.17) is 0 Å². The smallest absolute Gasteiger partial charge is 0.387 e. The lowest BCUT2D eigenvalue weighted by Crippen LogP contribution is -2.48. The Balaban J connectivity index is 1.62. The molecule has 1 aliphatic heterocycles. The molecule has 1 atom stereocenters. The summed E-state index contributed by atoms with van der Waals surface area (Å²) in [6.07, 6.45) is -4.77. The van der Waals surface area contributed by atoms with Crippen molar-refractivity contribution in [2.45, 2.75) is 12.3 Å². The molecule has 0 bridgehead atoms. The first-order valence-electron chi connectivity index (χ1n) is 7.76. The lowest BCUT2D eigenvalue weighted by atomic mass is 10.1. The van der Waals surface area contributed by atoms with Crippen molar-refractivity contribution in [3.8, 4) is 0 Å². The molecule has 0 spiro atoms. The van der Waals surface area contributed by atoms with Gasteiger partial charge in [0.1, 0.15) is 6.61 Å². The molecular weight excluding hydrogens is 309 g/mol. The summed E-state index contributed by atoms with van der Waals surface area (Å²) in [6, 6.07) is 9.52. The molecule has 1 N–H and O–H groups in total. The molecule has 1 heterocycles. The van der Waals surface area contributed by atoms with Gasteiger partial charge in [-0.1, -0.05) is 30.3 Å². The fourth-order valence-corrected chi connectivity index (χ4v) is 2.60. The van der Waals surface area contributed by atoms with Gasteiger partial charge in [-0.15, -0.1) is 0 Å². The first-order valence-corrected chi connectivity index (χ1v) is 7.76. The predicted molar refractivity (Wildman–Crippen MR) is 81.2 cm³/mol. The van der Waals surface area contributed by atoms with E-state index >= 15 is 0 Å². The first-order chi connectivity index (χ1) is 10.9. The van der Waals surface area contributed by atoms with Crippen molar-refractivity contribution >= 4 is 0 Å². The van der Waals surface area contributed by atoms with Crippen molar-refractivity contribution in [1.82, 2.24) is 9.80 Å². The van der Waals surface area contributed by atoms with Gasteiger partial charge < -0.3 is 9.84 Å². The summed E-state index contributed by atoms with van der Waals surface area (Å²) in [4.78, 5) is 4.26. The number of alkyl halides is 3. The van der Waals surface area contributed by atoms with E-state index in [0.717, 1.165) is 31.7 Å². The van der Waals surface area contributed by atoms with Crippen LogP contribution in [0.1, 0.15) is 11.7 Å². The molecule has 4 nitrogen and oxygen atoms in total. The number of aliphatic hydroxyl groups excluding tert-OH is 1. The molecule has 1 aromatic rings. The highest BCUT2D eigenvalue weighted by Crippen LogP contribution is 2.16. The first kappa shape index (κ1) is 18.2. The number of halogens is 3. The molecule has 0 aliphatic carbocycles. The predicted octanol–water partition coefficient (Wildman–Crippen LogP) is 1.92. The number of hydrogen-bond acceptors (Lipinski definition) is 4. The number of rotatable bonds is 7. The molecule has 1 aliphatic rings. The third-order valence-electron chi connectivity index (χ3n) is 3.90. The van der Waals surface area contributed by atoms with Crippen LogP contribution in [0.2, 0.25) is 0 Å². The SMILES string of the molecule is O[C@H](CN1CCN(CCOCC(F)(F)F)CC1)c1ccccc1. The van der Waals surface area contributed by atoms with Crippen LogP contribution in [-0.2, 0) is 4.74 Å². The van der Waals surface area contributed by atoms with Crippen molar-refractivity contribution in [2.75, 3.05) is 52.5 Å². The molecule has 2 rings (SSSR count). The molecule has 0 amide bonds. The van der Waals surface area contributed by atoms with Crippen LogP contribution in [0.4, 0.5) is 13.2 Å². The molecule has 130 valence electrons. The third kappa shape index (κ3) is 6.87. The number of nitrogens with zero attached hydrogens (tertiary/aromatic N) is 2. The van der Waals surface area contributed by atoms with Crippen LogP contribution >= 0.6 is 0 Å². The Labute approximate surface area is 134 Å². The monoisotopic (exact) mass is 332 g/mol. The minimum atomic E-state index is -4.26. The fraction of sp³-hybridized carbons (Fsp3) is 0.625. The minimum absolute atomic E-state index is 0.0894. The van der Waals surface area contributed by atoms with Gasteiger partial charge in [0.05, 0.1) is 12.7 Å². The molecule has 0 radical (unpaired) electrons. The van der Waals surface area contributed by atoms with Crippen molar-refractivity contribution in [2.24, 2.45) is 0 Å². The Morgan fingerprint density at radius 1 is 1.04 bits per heavy atom. The second kappa shape index (κ2) is 8.63. The van der Waals surface area contributed by atoms with Gasteiger partial charge in [0.2, 0.25) is 0 Å². The van der Waals surface area contributed by atoms with E-state index < -0.39 is 18.9 Å². The van der Waals surface area contributed by atoms with Crippen LogP contribution in [0.5, 0.6) is 0 Å². The van der Waals surface area contributed by atoms with E-state index in [0.29, 0.717) is 13.1 Å². The number of hydrogen-bond donors (Lipinski definition) is 1. The zero-order valence-corrected chi connectivity index (χ0v) is 13.0. The second-order valence-corrected chi connectivity index (χ2v) is 5.74. The maximum Gasteiger partial charge on any atom is 0.411 e. The van der Waals surface area contributed by atoms with E-state index in [1.807, 2.05) is 30.3 Å². The molecule has 1 aromatic carbocycles. The molecule has 7 heteroatoms. The highest BCUT2D eigenvalue weighted by atomic mass is 19.4. The van der Waals surface area contributed by atoms with Gasteiger partial charge in [0.15, 0.2) is 0 Å². The second-order valence-electron chi connectivity index (χ2n) is 5.74. The normalized spacial score (nSPS) is 19.0. The molecule has 1 saturated heterocycles. The Bertz CT molecular complexity index is 448. The van der Waals surface area contributed by atoms with Gasteiger partial charge in [0, 0.05) is 39.3 Å². The van der Waals surface area contributed by atoms with Crippen molar-refractivity contribution in [3.63, 3.8) is 0 Å². The van der Waals surface area contributed by atoms with E-state index in [9.17, 15) is 18.3 Å².